The lowest BCUT2D eigenvalue weighted by Gasteiger charge is -2.32. The zero-order chi connectivity index (χ0) is 15.5. The standard InChI is InChI=1S/C16H26N2O2S/c1-13(17-2)14-7-8-16-15(12-14)6-4-9-18(16)10-5-11-21(3,19)20/h7-8,12-13,17H,4-6,9-11H2,1-3H3. The van der Waals surface area contributed by atoms with Gasteiger partial charge in [0.15, 0.2) is 0 Å². The molecule has 1 atom stereocenters. The van der Waals surface area contributed by atoms with Gasteiger partial charge in [0.25, 0.3) is 0 Å². The first-order chi connectivity index (χ1) is 9.90. The van der Waals surface area contributed by atoms with Crippen LogP contribution in [0.25, 0.3) is 0 Å². The molecule has 21 heavy (non-hydrogen) atoms. The maximum absolute atomic E-state index is 11.2. The van der Waals surface area contributed by atoms with E-state index in [4.69, 9.17) is 0 Å². The number of nitrogens with zero attached hydrogens (tertiary/aromatic N) is 1. The normalized spacial score (nSPS) is 16.6. The van der Waals surface area contributed by atoms with Gasteiger partial charge in [-0.15, -0.1) is 0 Å². The highest BCUT2D eigenvalue weighted by atomic mass is 32.2. The van der Waals surface area contributed by atoms with Gasteiger partial charge in [-0.1, -0.05) is 12.1 Å². The van der Waals surface area contributed by atoms with E-state index in [1.807, 2.05) is 7.05 Å². The van der Waals surface area contributed by atoms with Crippen LogP contribution in [0.2, 0.25) is 0 Å². The fraction of sp³-hybridized carbons (Fsp3) is 0.625. The van der Waals surface area contributed by atoms with E-state index in [0.717, 1.165) is 25.9 Å². The minimum Gasteiger partial charge on any atom is -0.371 e. The van der Waals surface area contributed by atoms with Crippen LogP contribution in [-0.4, -0.2) is 40.6 Å². The van der Waals surface area contributed by atoms with E-state index in [-0.39, 0.29) is 5.75 Å². The molecule has 0 radical (unpaired) electrons. The Morgan fingerprint density at radius 2 is 2.14 bits per heavy atom. The molecule has 0 aromatic heterocycles. The first-order valence-corrected chi connectivity index (χ1v) is 9.69. The highest BCUT2D eigenvalue weighted by molar-refractivity contribution is 7.90. The van der Waals surface area contributed by atoms with Crippen LogP contribution in [0.3, 0.4) is 0 Å². The lowest BCUT2D eigenvalue weighted by molar-refractivity contribution is 0.596. The largest absolute Gasteiger partial charge is 0.371 e. The zero-order valence-electron chi connectivity index (χ0n) is 13.2. The van der Waals surface area contributed by atoms with Crippen molar-refractivity contribution in [1.82, 2.24) is 5.32 Å². The first kappa shape index (κ1) is 16.3. The van der Waals surface area contributed by atoms with Gasteiger partial charge in [0.1, 0.15) is 9.84 Å². The molecule has 2 rings (SSSR count). The van der Waals surface area contributed by atoms with E-state index in [2.05, 4.69) is 35.3 Å². The van der Waals surface area contributed by atoms with Gasteiger partial charge >= 0.3 is 0 Å². The summed E-state index contributed by atoms with van der Waals surface area (Å²) in [7, 11) is -0.885. The van der Waals surface area contributed by atoms with Crippen LogP contribution in [0.4, 0.5) is 5.69 Å². The van der Waals surface area contributed by atoms with Gasteiger partial charge in [-0.05, 0) is 50.4 Å². The van der Waals surface area contributed by atoms with Crippen molar-refractivity contribution in [2.75, 3.05) is 37.0 Å². The van der Waals surface area contributed by atoms with Gasteiger partial charge in [-0.25, -0.2) is 8.42 Å². The second kappa shape index (κ2) is 6.79. The van der Waals surface area contributed by atoms with E-state index < -0.39 is 9.84 Å². The second-order valence-corrected chi connectivity index (χ2v) is 8.23. The number of anilines is 1. The topological polar surface area (TPSA) is 49.4 Å². The predicted molar refractivity (Wildman–Crippen MR) is 88.8 cm³/mol. The Morgan fingerprint density at radius 1 is 1.38 bits per heavy atom. The number of sulfone groups is 1. The Morgan fingerprint density at radius 3 is 2.81 bits per heavy atom. The molecule has 0 saturated heterocycles. The average Bonchev–Trinajstić information content (AvgIpc) is 2.44. The minimum atomic E-state index is -2.86. The number of aryl methyl sites for hydroxylation is 1. The Kier molecular flexibility index (Phi) is 5.27. The van der Waals surface area contributed by atoms with Crippen molar-refractivity contribution < 1.29 is 8.42 Å². The molecule has 1 heterocycles. The van der Waals surface area contributed by atoms with Gasteiger partial charge in [-0.3, -0.25) is 0 Å². The molecule has 1 aromatic carbocycles. The highest BCUT2D eigenvalue weighted by Gasteiger charge is 2.18. The summed E-state index contributed by atoms with van der Waals surface area (Å²) in [5, 5.41) is 3.27. The lowest BCUT2D eigenvalue weighted by Crippen LogP contribution is -2.31. The maximum Gasteiger partial charge on any atom is 0.147 e. The van der Waals surface area contributed by atoms with E-state index >= 15 is 0 Å². The molecule has 4 nitrogen and oxygen atoms in total. The SMILES string of the molecule is CNC(C)c1ccc2c(c1)CCCN2CCCS(C)(=O)=O. The zero-order valence-corrected chi connectivity index (χ0v) is 14.0. The molecule has 1 aliphatic rings. The lowest BCUT2D eigenvalue weighted by atomic mass is 9.97. The number of benzene rings is 1. The Balaban J connectivity index is 2.09. The van der Waals surface area contributed by atoms with Crippen LogP contribution in [0.5, 0.6) is 0 Å². The Hall–Kier alpha value is -1.07. The van der Waals surface area contributed by atoms with Gasteiger partial charge in [0.2, 0.25) is 0 Å². The van der Waals surface area contributed by atoms with E-state index in [1.54, 1.807) is 0 Å². The molecular weight excluding hydrogens is 284 g/mol. The van der Waals surface area contributed by atoms with Crippen molar-refractivity contribution in [2.24, 2.45) is 0 Å². The van der Waals surface area contributed by atoms with Crippen molar-refractivity contribution >= 4 is 15.5 Å². The number of nitrogens with one attached hydrogen (secondary N) is 1. The van der Waals surface area contributed by atoms with Crippen LogP contribution in [0.1, 0.15) is 36.9 Å². The molecule has 0 saturated carbocycles. The van der Waals surface area contributed by atoms with Crippen LogP contribution in [0.15, 0.2) is 18.2 Å². The quantitative estimate of drug-likeness (QED) is 0.875. The second-order valence-electron chi connectivity index (χ2n) is 5.97. The molecule has 118 valence electrons. The van der Waals surface area contributed by atoms with Crippen molar-refractivity contribution in [3.8, 4) is 0 Å². The van der Waals surface area contributed by atoms with Crippen molar-refractivity contribution in [1.29, 1.82) is 0 Å². The number of fused-ring (bicyclic) bond motifs is 1. The predicted octanol–water partition coefficient (Wildman–Crippen LogP) is 2.15. The molecule has 1 aromatic rings. The van der Waals surface area contributed by atoms with E-state index in [0.29, 0.717) is 12.5 Å². The van der Waals surface area contributed by atoms with Crippen LogP contribution in [0, 0.1) is 0 Å². The summed E-state index contributed by atoms with van der Waals surface area (Å²) in [5.74, 6) is 0.272. The van der Waals surface area contributed by atoms with Crippen LogP contribution >= 0.6 is 0 Å². The molecule has 0 aliphatic carbocycles. The third kappa shape index (κ3) is 4.45. The smallest absolute Gasteiger partial charge is 0.147 e. The number of hydrogen-bond donors (Lipinski definition) is 1. The summed E-state index contributed by atoms with van der Waals surface area (Å²) in [6.07, 6.45) is 4.26. The third-order valence-electron chi connectivity index (χ3n) is 4.19. The highest BCUT2D eigenvalue weighted by Crippen LogP contribution is 2.29. The Bertz CT molecular complexity index is 584. The molecule has 0 fully saturated rings. The molecule has 1 aliphatic heterocycles. The molecular formula is C16H26N2O2S. The summed E-state index contributed by atoms with van der Waals surface area (Å²) in [5.41, 5.74) is 3.98. The van der Waals surface area contributed by atoms with Gasteiger partial charge < -0.3 is 10.2 Å². The van der Waals surface area contributed by atoms with Crippen molar-refractivity contribution in [3.05, 3.63) is 29.3 Å². The van der Waals surface area contributed by atoms with Gasteiger partial charge in [-0.2, -0.15) is 0 Å². The maximum atomic E-state index is 11.2. The van der Waals surface area contributed by atoms with Gasteiger partial charge in [0, 0.05) is 31.1 Å². The minimum absolute atomic E-state index is 0.272. The summed E-state index contributed by atoms with van der Waals surface area (Å²) in [6.45, 7) is 4.01. The summed E-state index contributed by atoms with van der Waals surface area (Å²) >= 11 is 0. The fourth-order valence-electron chi connectivity index (χ4n) is 2.88. The molecule has 5 heteroatoms. The van der Waals surface area contributed by atoms with Crippen LogP contribution in [-0.2, 0) is 16.3 Å². The van der Waals surface area contributed by atoms with Gasteiger partial charge in [0.05, 0.1) is 5.75 Å². The first-order valence-electron chi connectivity index (χ1n) is 7.63. The molecule has 1 N–H and O–H groups in total. The molecule has 0 amide bonds. The van der Waals surface area contributed by atoms with E-state index in [9.17, 15) is 8.42 Å². The molecule has 1 unspecified atom stereocenters. The van der Waals surface area contributed by atoms with Crippen molar-refractivity contribution in [2.45, 2.75) is 32.2 Å². The summed E-state index contributed by atoms with van der Waals surface area (Å²) in [6, 6.07) is 7.02. The number of rotatable bonds is 6. The summed E-state index contributed by atoms with van der Waals surface area (Å²) < 4.78 is 22.5. The number of hydrogen-bond acceptors (Lipinski definition) is 4. The molecule has 0 bridgehead atoms. The monoisotopic (exact) mass is 310 g/mol. The average molecular weight is 310 g/mol. The summed E-state index contributed by atoms with van der Waals surface area (Å²) in [4.78, 5) is 2.33. The fourth-order valence-corrected chi connectivity index (χ4v) is 3.53. The van der Waals surface area contributed by atoms with E-state index in [1.165, 1.54) is 23.1 Å². The third-order valence-corrected chi connectivity index (χ3v) is 5.22. The molecule has 0 spiro atoms. The Labute approximate surface area is 128 Å². The van der Waals surface area contributed by atoms with Crippen LogP contribution < -0.4 is 10.2 Å². The van der Waals surface area contributed by atoms with Crippen molar-refractivity contribution in [3.63, 3.8) is 0 Å².